The molecule has 4 heteroatoms. The average Bonchev–Trinajstić information content (AvgIpc) is 2.20. The van der Waals surface area contributed by atoms with Gasteiger partial charge in [0.1, 0.15) is 0 Å². The summed E-state index contributed by atoms with van der Waals surface area (Å²) in [4.78, 5) is 10.9. The zero-order chi connectivity index (χ0) is 10.2. The molecule has 1 rings (SSSR count). The van der Waals surface area contributed by atoms with Crippen LogP contribution in [0.15, 0.2) is 35.4 Å². The van der Waals surface area contributed by atoms with Crippen molar-refractivity contribution < 1.29 is 4.79 Å². The molecule has 74 valence electrons. The molecule has 1 N–H and O–H groups in total. The van der Waals surface area contributed by atoms with E-state index in [4.69, 9.17) is 11.6 Å². The fraction of sp³-hybridized carbons (Fsp3) is 0.200. The maximum atomic E-state index is 10.9. The van der Waals surface area contributed by atoms with Crippen LogP contribution >= 0.6 is 11.6 Å². The molecule has 1 aromatic carbocycles. The lowest BCUT2D eigenvalue weighted by molar-refractivity contribution is -0.120. The van der Waals surface area contributed by atoms with E-state index in [1.807, 2.05) is 30.3 Å². The van der Waals surface area contributed by atoms with Crippen molar-refractivity contribution in [2.45, 2.75) is 6.42 Å². The molecule has 14 heavy (non-hydrogen) atoms. The van der Waals surface area contributed by atoms with Gasteiger partial charge in [0.05, 0.1) is 6.21 Å². The van der Waals surface area contributed by atoms with Crippen LogP contribution in [0.2, 0.25) is 0 Å². The van der Waals surface area contributed by atoms with Gasteiger partial charge >= 0.3 is 0 Å². The molecule has 0 unspecified atom stereocenters. The SMILES string of the molecule is O=C(CCCl)N/N=C/c1ccccc1. The molecule has 3 nitrogen and oxygen atoms in total. The molecule has 0 aliphatic heterocycles. The fourth-order valence-electron chi connectivity index (χ4n) is 0.860. The van der Waals surface area contributed by atoms with Crippen LogP contribution in [0.4, 0.5) is 0 Å². The van der Waals surface area contributed by atoms with Crippen molar-refractivity contribution in [2.24, 2.45) is 5.10 Å². The van der Waals surface area contributed by atoms with Gasteiger partial charge in [-0.1, -0.05) is 30.3 Å². The summed E-state index contributed by atoms with van der Waals surface area (Å²) >= 11 is 5.38. The predicted octanol–water partition coefficient (Wildman–Crippen LogP) is 1.77. The Hall–Kier alpha value is -1.35. The van der Waals surface area contributed by atoms with E-state index < -0.39 is 0 Å². The van der Waals surface area contributed by atoms with Crippen LogP contribution < -0.4 is 5.43 Å². The monoisotopic (exact) mass is 210 g/mol. The maximum absolute atomic E-state index is 10.9. The van der Waals surface area contributed by atoms with Gasteiger partial charge in [0.25, 0.3) is 0 Å². The first-order chi connectivity index (χ1) is 6.83. The van der Waals surface area contributed by atoms with Gasteiger partial charge in [-0.15, -0.1) is 11.6 Å². The van der Waals surface area contributed by atoms with Crippen LogP contribution in [0, 0.1) is 0 Å². The second kappa shape index (κ2) is 6.16. The molecule has 0 heterocycles. The number of carbonyl (C=O) groups is 1. The Labute approximate surface area is 87.8 Å². The molecule has 0 radical (unpaired) electrons. The molecule has 0 fully saturated rings. The lowest BCUT2D eigenvalue weighted by Gasteiger charge is -1.95. The standard InChI is InChI=1S/C10H11ClN2O/c11-7-6-10(14)13-12-8-9-4-2-1-3-5-9/h1-5,8H,6-7H2,(H,13,14)/b12-8+. The van der Waals surface area contributed by atoms with Gasteiger partial charge in [0.15, 0.2) is 0 Å². The minimum absolute atomic E-state index is 0.174. The molecule has 0 atom stereocenters. The van der Waals surface area contributed by atoms with Gasteiger partial charge < -0.3 is 0 Å². The van der Waals surface area contributed by atoms with Crippen LogP contribution in [0.3, 0.4) is 0 Å². The van der Waals surface area contributed by atoms with E-state index in [1.165, 1.54) is 0 Å². The largest absolute Gasteiger partial charge is 0.273 e. The summed E-state index contributed by atoms with van der Waals surface area (Å²) in [5.74, 6) is 0.138. The lowest BCUT2D eigenvalue weighted by atomic mass is 10.2. The third-order valence-corrected chi connectivity index (χ3v) is 1.71. The Morgan fingerprint density at radius 3 is 2.79 bits per heavy atom. The minimum atomic E-state index is -0.174. The van der Waals surface area contributed by atoms with Gasteiger partial charge in [-0.25, -0.2) is 5.43 Å². The Morgan fingerprint density at radius 1 is 1.43 bits per heavy atom. The highest BCUT2D eigenvalue weighted by Gasteiger charge is 1.95. The van der Waals surface area contributed by atoms with Gasteiger partial charge in [-0.05, 0) is 5.56 Å². The van der Waals surface area contributed by atoms with Crippen molar-refractivity contribution in [3.8, 4) is 0 Å². The Bertz CT molecular complexity index is 311. The van der Waals surface area contributed by atoms with E-state index in [1.54, 1.807) is 6.21 Å². The van der Waals surface area contributed by atoms with Crippen molar-refractivity contribution in [1.29, 1.82) is 0 Å². The smallest absolute Gasteiger partial charge is 0.241 e. The van der Waals surface area contributed by atoms with Crippen LogP contribution in [-0.4, -0.2) is 18.0 Å². The molecular weight excluding hydrogens is 200 g/mol. The first kappa shape index (κ1) is 10.7. The van der Waals surface area contributed by atoms with E-state index in [2.05, 4.69) is 10.5 Å². The Morgan fingerprint density at radius 2 is 2.14 bits per heavy atom. The summed E-state index contributed by atoms with van der Waals surface area (Å²) in [6.07, 6.45) is 1.87. The Kier molecular flexibility index (Phi) is 4.72. The van der Waals surface area contributed by atoms with Crippen LogP contribution in [0.1, 0.15) is 12.0 Å². The van der Waals surface area contributed by atoms with E-state index in [-0.39, 0.29) is 12.3 Å². The Balaban J connectivity index is 2.38. The molecule has 0 saturated carbocycles. The van der Waals surface area contributed by atoms with Gasteiger partial charge in [0, 0.05) is 12.3 Å². The van der Waals surface area contributed by atoms with E-state index in [9.17, 15) is 4.79 Å². The van der Waals surface area contributed by atoms with Gasteiger partial charge in [0.2, 0.25) is 5.91 Å². The van der Waals surface area contributed by atoms with Crippen molar-refractivity contribution in [1.82, 2.24) is 5.43 Å². The summed E-state index contributed by atoms with van der Waals surface area (Å²) in [5.41, 5.74) is 3.32. The van der Waals surface area contributed by atoms with Crippen LogP contribution in [0.5, 0.6) is 0 Å². The zero-order valence-corrected chi connectivity index (χ0v) is 8.37. The van der Waals surface area contributed by atoms with Crippen molar-refractivity contribution in [3.63, 3.8) is 0 Å². The number of amides is 1. The molecule has 0 aliphatic rings. The summed E-state index contributed by atoms with van der Waals surface area (Å²) in [6.45, 7) is 0. The number of rotatable bonds is 4. The number of halogens is 1. The molecule has 0 bridgehead atoms. The van der Waals surface area contributed by atoms with Crippen LogP contribution in [0.25, 0.3) is 0 Å². The quantitative estimate of drug-likeness (QED) is 0.459. The van der Waals surface area contributed by atoms with Crippen molar-refractivity contribution >= 4 is 23.7 Å². The summed E-state index contributed by atoms with van der Waals surface area (Å²) in [6, 6.07) is 9.53. The molecule has 0 spiro atoms. The highest BCUT2D eigenvalue weighted by Crippen LogP contribution is 1.93. The van der Waals surface area contributed by atoms with Gasteiger partial charge in [-0.2, -0.15) is 5.10 Å². The molecule has 0 saturated heterocycles. The predicted molar refractivity (Wildman–Crippen MR) is 57.5 cm³/mol. The molecule has 1 aromatic rings. The molecular formula is C10H11ClN2O. The molecule has 1 amide bonds. The topological polar surface area (TPSA) is 41.5 Å². The maximum Gasteiger partial charge on any atom is 0.241 e. The third kappa shape index (κ3) is 4.05. The number of hydrogen-bond donors (Lipinski definition) is 1. The van der Waals surface area contributed by atoms with Gasteiger partial charge in [-0.3, -0.25) is 4.79 Å². The third-order valence-electron chi connectivity index (χ3n) is 1.52. The summed E-state index contributed by atoms with van der Waals surface area (Å²) in [7, 11) is 0. The molecule has 0 aromatic heterocycles. The second-order valence-electron chi connectivity index (χ2n) is 2.64. The first-order valence-corrected chi connectivity index (χ1v) is 4.79. The second-order valence-corrected chi connectivity index (χ2v) is 3.02. The number of benzene rings is 1. The summed E-state index contributed by atoms with van der Waals surface area (Å²) < 4.78 is 0. The number of nitrogens with zero attached hydrogens (tertiary/aromatic N) is 1. The first-order valence-electron chi connectivity index (χ1n) is 4.26. The number of carbonyl (C=O) groups excluding carboxylic acids is 1. The number of hydrazone groups is 1. The minimum Gasteiger partial charge on any atom is -0.273 e. The fourth-order valence-corrected chi connectivity index (χ4v) is 1.03. The molecule has 0 aliphatic carbocycles. The van der Waals surface area contributed by atoms with E-state index >= 15 is 0 Å². The van der Waals surface area contributed by atoms with Crippen molar-refractivity contribution in [3.05, 3.63) is 35.9 Å². The number of alkyl halides is 1. The summed E-state index contributed by atoms with van der Waals surface area (Å²) in [5, 5.41) is 3.78. The van der Waals surface area contributed by atoms with Crippen LogP contribution in [-0.2, 0) is 4.79 Å². The lowest BCUT2D eigenvalue weighted by Crippen LogP contribution is -2.17. The van der Waals surface area contributed by atoms with E-state index in [0.717, 1.165) is 5.56 Å². The normalized spacial score (nSPS) is 10.4. The van der Waals surface area contributed by atoms with Crippen molar-refractivity contribution in [2.75, 3.05) is 5.88 Å². The highest BCUT2D eigenvalue weighted by atomic mass is 35.5. The van der Waals surface area contributed by atoms with E-state index in [0.29, 0.717) is 5.88 Å². The average molecular weight is 211 g/mol. The highest BCUT2D eigenvalue weighted by molar-refractivity contribution is 6.18. The number of hydrogen-bond acceptors (Lipinski definition) is 2. The number of nitrogens with one attached hydrogen (secondary N) is 1. The zero-order valence-electron chi connectivity index (χ0n) is 7.61.